The average Bonchev–Trinajstić information content (AvgIpc) is 2.53. The molecule has 11 heteroatoms. The van der Waals surface area contributed by atoms with Crippen molar-refractivity contribution >= 4 is 10.1 Å². The summed E-state index contributed by atoms with van der Waals surface area (Å²) in [6.45, 7) is 0. The Hall–Kier alpha value is -1.43. The fraction of sp³-hybridized carbons (Fsp3) is 0.231. The van der Waals surface area contributed by atoms with Gasteiger partial charge in [0.15, 0.2) is 5.44 Å². The number of hydrogen-bond donors (Lipinski definition) is 1. The summed E-state index contributed by atoms with van der Waals surface area (Å²) in [4.78, 5) is 7.83. The van der Waals surface area contributed by atoms with Crippen LogP contribution in [-0.2, 0) is 10.1 Å². The van der Waals surface area contributed by atoms with Crippen LogP contribution in [0.25, 0.3) is 0 Å². The minimum atomic E-state index is -4.96. The van der Waals surface area contributed by atoms with Crippen LogP contribution in [-0.4, -0.2) is 42.3 Å². The first-order valence-electron chi connectivity index (χ1n) is 6.21. The van der Waals surface area contributed by atoms with Gasteiger partial charge in [-0.3, -0.25) is 0 Å². The van der Waals surface area contributed by atoms with E-state index in [0.717, 1.165) is 0 Å². The van der Waals surface area contributed by atoms with E-state index in [1.807, 2.05) is 0 Å². The van der Waals surface area contributed by atoms with Crippen molar-refractivity contribution in [2.75, 3.05) is 14.2 Å². The maximum absolute atomic E-state index is 11.0. The van der Waals surface area contributed by atoms with Gasteiger partial charge in [-0.1, -0.05) is 18.2 Å². The molecule has 0 spiro atoms. The second kappa shape index (κ2) is 8.60. The molecule has 0 aliphatic rings. The molecule has 1 aromatic heterocycles. The van der Waals surface area contributed by atoms with Gasteiger partial charge in [-0.15, -0.1) is 0 Å². The monoisotopic (exact) mass is 364 g/mol. The van der Waals surface area contributed by atoms with Crippen molar-refractivity contribution in [3.05, 3.63) is 35.9 Å². The summed E-state index contributed by atoms with van der Waals surface area (Å²) in [6.07, 6.45) is 0. The molecule has 0 fully saturated rings. The summed E-state index contributed by atoms with van der Waals surface area (Å²) in [6, 6.07) is 6.79. The summed E-state index contributed by atoms with van der Waals surface area (Å²) in [5.41, 5.74) is -2.50. The van der Waals surface area contributed by atoms with Crippen molar-refractivity contribution < 1.29 is 61.8 Å². The van der Waals surface area contributed by atoms with Gasteiger partial charge < -0.3 is 23.9 Å². The Bertz CT molecular complexity index is 778. The van der Waals surface area contributed by atoms with E-state index in [4.69, 9.17) is 14.2 Å². The molecule has 1 N–H and O–H groups in total. The Morgan fingerprint density at radius 3 is 2.17 bits per heavy atom. The Labute approximate surface area is 160 Å². The quantitative estimate of drug-likeness (QED) is 0.449. The number of aromatic nitrogens is 2. The molecule has 24 heavy (non-hydrogen) atoms. The predicted octanol–water partition coefficient (Wildman–Crippen LogP) is -2.17. The van der Waals surface area contributed by atoms with Crippen molar-refractivity contribution in [2.45, 2.75) is 5.44 Å². The SMILES string of the molecule is COc1cc(OC)nc(Oc2ccccc2C(O)S(=O)(=O)[O-])n1.[Na+]. The van der Waals surface area contributed by atoms with E-state index in [-0.39, 0.29) is 58.6 Å². The third-order valence-corrected chi connectivity index (χ3v) is 3.54. The second-order valence-electron chi connectivity index (χ2n) is 4.22. The van der Waals surface area contributed by atoms with Crippen LogP contribution < -0.4 is 43.8 Å². The van der Waals surface area contributed by atoms with E-state index < -0.39 is 15.6 Å². The van der Waals surface area contributed by atoms with Crippen molar-refractivity contribution in [1.82, 2.24) is 9.97 Å². The molecule has 0 radical (unpaired) electrons. The van der Waals surface area contributed by atoms with Gasteiger partial charge in [0.2, 0.25) is 11.8 Å². The molecule has 0 aliphatic carbocycles. The number of benzene rings is 1. The molecule has 124 valence electrons. The van der Waals surface area contributed by atoms with Gasteiger partial charge in [0.1, 0.15) is 15.9 Å². The van der Waals surface area contributed by atoms with E-state index in [1.165, 1.54) is 44.6 Å². The molecule has 2 aromatic rings. The Morgan fingerprint density at radius 1 is 1.12 bits per heavy atom. The second-order valence-corrected chi connectivity index (χ2v) is 5.65. The van der Waals surface area contributed by atoms with Crippen molar-refractivity contribution in [3.63, 3.8) is 0 Å². The van der Waals surface area contributed by atoms with Gasteiger partial charge in [0.25, 0.3) is 0 Å². The van der Waals surface area contributed by atoms with Crippen LogP contribution >= 0.6 is 0 Å². The number of para-hydroxylation sites is 1. The van der Waals surface area contributed by atoms with Crippen molar-refractivity contribution in [3.8, 4) is 23.5 Å². The molecule has 0 saturated heterocycles. The fourth-order valence-corrected chi connectivity index (χ4v) is 2.18. The number of rotatable bonds is 6. The summed E-state index contributed by atoms with van der Waals surface area (Å²) in [7, 11) is -2.20. The normalized spacial score (nSPS) is 12.0. The number of aliphatic hydroxyl groups is 1. The van der Waals surface area contributed by atoms with Gasteiger partial charge in [-0.2, -0.15) is 9.97 Å². The zero-order valence-corrected chi connectivity index (χ0v) is 16.0. The first-order chi connectivity index (χ1) is 10.8. The van der Waals surface area contributed by atoms with E-state index >= 15 is 0 Å². The number of aliphatic hydroxyl groups excluding tert-OH is 1. The average molecular weight is 364 g/mol. The maximum atomic E-state index is 11.0. The summed E-state index contributed by atoms with van der Waals surface area (Å²) in [5, 5.41) is 9.65. The molecule has 9 nitrogen and oxygen atoms in total. The van der Waals surface area contributed by atoms with Crippen LogP contribution in [0.2, 0.25) is 0 Å². The molecule has 1 unspecified atom stereocenters. The first kappa shape index (κ1) is 20.6. The van der Waals surface area contributed by atoms with E-state index in [2.05, 4.69) is 9.97 Å². The molecule has 0 saturated carbocycles. The van der Waals surface area contributed by atoms with Crippen LogP contribution in [0.1, 0.15) is 11.0 Å². The molecule has 0 aliphatic heterocycles. The predicted molar refractivity (Wildman–Crippen MR) is 76.3 cm³/mol. The van der Waals surface area contributed by atoms with Crippen LogP contribution in [0.15, 0.2) is 30.3 Å². The van der Waals surface area contributed by atoms with Crippen molar-refractivity contribution in [1.29, 1.82) is 0 Å². The minimum Gasteiger partial charge on any atom is -0.746 e. The van der Waals surface area contributed by atoms with Gasteiger partial charge in [-0.05, 0) is 6.07 Å². The summed E-state index contributed by atoms with van der Waals surface area (Å²) >= 11 is 0. The summed E-state index contributed by atoms with van der Waals surface area (Å²) in [5.74, 6) is 0.220. The maximum Gasteiger partial charge on any atom is 1.00 e. The molecule has 0 bridgehead atoms. The Kier molecular flexibility index (Phi) is 7.39. The third kappa shape index (κ3) is 5.03. The van der Waals surface area contributed by atoms with E-state index in [0.29, 0.717) is 0 Å². The number of nitrogens with zero attached hydrogens (tertiary/aromatic N) is 2. The Morgan fingerprint density at radius 2 is 1.67 bits per heavy atom. The van der Waals surface area contributed by atoms with Crippen LogP contribution in [0.4, 0.5) is 0 Å². The molecule has 1 heterocycles. The van der Waals surface area contributed by atoms with Gasteiger partial charge >= 0.3 is 35.6 Å². The number of hydrogen-bond acceptors (Lipinski definition) is 9. The molecule has 0 amide bonds. The zero-order chi connectivity index (χ0) is 17.0. The molecular formula is C13H13N2NaO7S. The van der Waals surface area contributed by atoms with Crippen molar-refractivity contribution in [2.24, 2.45) is 0 Å². The minimum absolute atomic E-state index is 0. The standard InChI is InChI=1S/C13H14N2O7S.Na/c1-20-10-7-11(21-2)15-13(14-10)22-9-6-4-3-5-8(9)12(16)23(17,18)19;/h3-7,12,16H,1-2H3,(H,17,18,19);/q;+1/p-1. The molecule has 1 aromatic carbocycles. The largest absolute Gasteiger partial charge is 1.00 e. The van der Waals surface area contributed by atoms with E-state index in [1.54, 1.807) is 0 Å². The van der Waals surface area contributed by atoms with Gasteiger partial charge in [0.05, 0.1) is 20.3 Å². The summed E-state index contributed by atoms with van der Waals surface area (Å²) < 4.78 is 48.3. The van der Waals surface area contributed by atoms with Crippen LogP contribution in [0, 0.1) is 0 Å². The smallest absolute Gasteiger partial charge is 0.746 e. The van der Waals surface area contributed by atoms with E-state index in [9.17, 15) is 18.1 Å². The molecular weight excluding hydrogens is 351 g/mol. The van der Waals surface area contributed by atoms with Crippen LogP contribution in [0.5, 0.6) is 23.5 Å². The van der Waals surface area contributed by atoms with Gasteiger partial charge in [-0.25, -0.2) is 8.42 Å². The number of methoxy groups -OCH3 is 2. The first-order valence-corrected chi connectivity index (χ1v) is 7.69. The fourth-order valence-electron chi connectivity index (χ4n) is 1.67. The Balaban J connectivity index is 0.00000288. The third-order valence-electron chi connectivity index (χ3n) is 2.74. The molecule has 2 rings (SSSR count). The van der Waals surface area contributed by atoms with Crippen LogP contribution in [0.3, 0.4) is 0 Å². The van der Waals surface area contributed by atoms with Gasteiger partial charge in [0, 0.05) is 5.56 Å². The zero-order valence-electron chi connectivity index (χ0n) is 13.2. The topological polar surface area (TPSA) is 131 Å². The number of ether oxygens (including phenoxy) is 3. The molecule has 1 atom stereocenters.